The molecule has 0 aromatic rings. The van der Waals surface area contributed by atoms with E-state index < -0.39 is 66.2 Å². The van der Waals surface area contributed by atoms with E-state index in [1.165, 1.54) is 18.7 Å². The zero-order valence-corrected chi connectivity index (χ0v) is 18.1. The van der Waals surface area contributed by atoms with Crippen molar-refractivity contribution in [2.24, 2.45) is 11.5 Å². The molecule has 0 aliphatic rings. The fourth-order valence-electron chi connectivity index (χ4n) is 2.26. The van der Waals surface area contributed by atoms with Gasteiger partial charge in [0.2, 0.25) is 23.6 Å². The molecule has 31 heavy (non-hydrogen) atoms. The number of carboxylic acid groups (broad SMARTS) is 2. The number of hydrogen-bond donors (Lipinski definition) is 7. The molecule has 4 unspecified atom stereocenters. The van der Waals surface area contributed by atoms with Crippen LogP contribution < -0.4 is 27.4 Å². The van der Waals surface area contributed by atoms with Crippen molar-refractivity contribution in [2.75, 3.05) is 12.0 Å². The van der Waals surface area contributed by atoms with Crippen molar-refractivity contribution in [1.29, 1.82) is 0 Å². The topological polar surface area (TPSA) is 231 Å². The average molecular weight is 464 g/mol. The fraction of sp³-hybridized carbons (Fsp3) is 0.647. The Labute approximate surface area is 183 Å². The number of nitrogens with two attached hydrogens (primary N) is 2. The van der Waals surface area contributed by atoms with Crippen molar-refractivity contribution in [3.8, 4) is 0 Å². The van der Waals surface area contributed by atoms with Crippen LogP contribution in [0.4, 0.5) is 0 Å². The lowest BCUT2D eigenvalue weighted by Crippen LogP contribution is -2.56. The maximum Gasteiger partial charge on any atom is 0.326 e. The first kappa shape index (κ1) is 28.1. The molecule has 4 amide bonds. The lowest BCUT2D eigenvalue weighted by molar-refractivity contribution is -0.147. The SMILES string of the molecule is CSCCC(N)C(=O)NC(CCC(N)=O)C(=O)NC(C)C(=O)NC(CC(=O)O)C(=O)O. The van der Waals surface area contributed by atoms with Crippen molar-refractivity contribution < 1.29 is 39.0 Å². The van der Waals surface area contributed by atoms with Gasteiger partial charge in [-0.15, -0.1) is 0 Å². The van der Waals surface area contributed by atoms with E-state index in [4.69, 9.17) is 21.7 Å². The largest absolute Gasteiger partial charge is 0.481 e. The number of carbonyl (C=O) groups excluding carboxylic acids is 4. The molecular weight excluding hydrogens is 434 g/mol. The van der Waals surface area contributed by atoms with Crippen LogP contribution >= 0.6 is 11.8 Å². The minimum Gasteiger partial charge on any atom is -0.481 e. The highest BCUT2D eigenvalue weighted by Crippen LogP contribution is 2.03. The predicted molar refractivity (Wildman–Crippen MR) is 111 cm³/mol. The van der Waals surface area contributed by atoms with E-state index in [1.807, 2.05) is 11.6 Å². The summed E-state index contributed by atoms with van der Waals surface area (Å²) in [6, 6.07) is -5.06. The summed E-state index contributed by atoms with van der Waals surface area (Å²) in [7, 11) is 0. The third-order valence-electron chi connectivity index (χ3n) is 4.03. The van der Waals surface area contributed by atoms with Gasteiger partial charge in [-0.1, -0.05) is 0 Å². The van der Waals surface area contributed by atoms with Crippen LogP contribution in [0, 0.1) is 0 Å². The van der Waals surface area contributed by atoms with Gasteiger partial charge in [0.1, 0.15) is 18.1 Å². The second-order valence-corrected chi connectivity index (χ2v) is 7.67. The van der Waals surface area contributed by atoms with Gasteiger partial charge in [-0.2, -0.15) is 11.8 Å². The number of amides is 4. The summed E-state index contributed by atoms with van der Waals surface area (Å²) in [6.45, 7) is 1.24. The summed E-state index contributed by atoms with van der Waals surface area (Å²) in [6.07, 6.45) is 0.973. The van der Waals surface area contributed by atoms with Crippen LogP contribution in [-0.2, 0) is 28.8 Å². The molecule has 176 valence electrons. The van der Waals surface area contributed by atoms with Crippen LogP contribution in [0.3, 0.4) is 0 Å². The van der Waals surface area contributed by atoms with Crippen molar-refractivity contribution in [1.82, 2.24) is 16.0 Å². The van der Waals surface area contributed by atoms with E-state index in [9.17, 15) is 28.8 Å². The van der Waals surface area contributed by atoms with Gasteiger partial charge in [0, 0.05) is 6.42 Å². The Morgan fingerprint density at radius 1 is 0.903 bits per heavy atom. The zero-order chi connectivity index (χ0) is 24.1. The van der Waals surface area contributed by atoms with Gasteiger partial charge in [0.15, 0.2) is 0 Å². The molecule has 0 spiro atoms. The molecule has 9 N–H and O–H groups in total. The molecule has 0 aromatic carbocycles. The van der Waals surface area contributed by atoms with Gasteiger partial charge >= 0.3 is 11.9 Å². The number of primary amides is 1. The quantitative estimate of drug-likeness (QED) is 0.133. The zero-order valence-electron chi connectivity index (χ0n) is 17.3. The molecule has 0 heterocycles. The van der Waals surface area contributed by atoms with Crippen LogP contribution in [0.1, 0.15) is 32.6 Å². The van der Waals surface area contributed by atoms with Crippen molar-refractivity contribution in [2.45, 2.75) is 56.8 Å². The first-order valence-corrected chi connectivity index (χ1v) is 10.7. The molecule has 0 saturated heterocycles. The van der Waals surface area contributed by atoms with E-state index in [2.05, 4.69) is 10.6 Å². The Kier molecular flexibility index (Phi) is 12.9. The van der Waals surface area contributed by atoms with Gasteiger partial charge in [0.25, 0.3) is 0 Å². The van der Waals surface area contributed by atoms with Crippen LogP contribution in [0.2, 0.25) is 0 Å². The molecule has 4 atom stereocenters. The Bertz CT molecular complexity index is 689. The molecule has 0 aliphatic carbocycles. The van der Waals surface area contributed by atoms with Crippen LogP contribution in [0.5, 0.6) is 0 Å². The first-order chi connectivity index (χ1) is 14.4. The van der Waals surface area contributed by atoms with E-state index in [0.717, 1.165) is 0 Å². The van der Waals surface area contributed by atoms with Crippen molar-refractivity contribution in [3.05, 3.63) is 0 Å². The van der Waals surface area contributed by atoms with Crippen molar-refractivity contribution in [3.63, 3.8) is 0 Å². The lowest BCUT2D eigenvalue weighted by Gasteiger charge is -2.23. The summed E-state index contributed by atoms with van der Waals surface area (Å²) in [4.78, 5) is 69.7. The molecule has 0 radical (unpaired) electrons. The summed E-state index contributed by atoms with van der Waals surface area (Å²) in [5, 5.41) is 24.4. The predicted octanol–water partition coefficient (Wildman–Crippen LogP) is -2.63. The highest BCUT2D eigenvalue weighted by molar-refractivity contribution is 7.98. The molecule has 0 saturated carbocycles. The van der Waals surface area contributed by atoms with Gasteiger partial charge in [-0.05, 0) is 31.8 Å². The highest BCUT2D eigenvalue weighted by Gasteiger charge is 2.29. The number of rotatable bonds is 15. The maximum atomic E-state index is 12.5. The van der Waals surface area contributed by atoms with E-state index in [0.29, 0.717) is 12.2 Å². The summed E-state index contributed by atoms with van der Waals surface area (Å²) < 4.78 is 0. The fourth-order valence-corrected chi connectivity index (χ4v) is 2.75. The molecule has 0 bridgehead atoms. The Balaban J connectivity index is 5.10. The minimum atomic E-state index is -1.69. The van der Waals surface area contributed by atoms with E-state index in [-0.39, 0.29) is 12.8 Å². The molecule has 0 aliphatic heterocycles. The number of aliphatic carboxylic acids is 2. The minimum absolute atomic E-state index is 0.146. The van der Waals surface area contributed by atoms with Gasteiger partial charge < -0.3 is 37.6 Å². The number of thioether (sulfide) groups is 1. The Hall–Kier alpha value is -2.87. The molecule has 0 aromatic heterocycles. The van der Waals surface area contributed by atoms with E-state index >= 15 is 0 Å². The van der Waals surface area contributed by atoms with Crippen molar-refractivity contribution >= 4 is 47.3 Å². The van der Waals surface area contributed by atoms with Gasteiger partial charge in [-0.3, -0.25) is 24.0 Å². The molecule has 0 rings (SSSR count). The third kappa shape index (κ3) is 11.8. The monoisotopic (exact) mass is 463 g/mol. The smallest absolute Gasteiger partial charge is 0.326 e. The molecule has 14 heteroatoms. The maximum absolute atomic E-state index is 12.5. The third-order valence-corrected chi connectivity index (χ3v) is 4.67. The summed E-state index contributed by atoms with van der Waals surface area (Å²) >= 11 is 1.49. The standard InChI is InChI=1S/C17H29N5O8S/c1-8(14(26)22-11(17(29)30)7-13(24)25)20-16(28)10(3-4-12(19)23)21-15(27)9(18)5-6-31-2/h8-11H,3-7,18H2,1-2H3,(H2,19,23)(H,20,28)(H,21,27)(H,22,26)(H,24,25)(H,29,30). The van der Waals surface area contributed by atoms with Crippen LogP contribution in [0.25, 0.3) is 0 Å². The molecule has 0 fully saturated rings. The first-order valence-electron chi connectivity index (χ1n) is 9.27. The summed E-state index contributed by atoms with van der Waals surface area (Å²) in [5.41, 5.74) is 10.9. The summed E-state index contributed by atoms with van der Waals surface area (Å²) in [5.74, 6) is -5.47. The second kappa shape index (κ2) is 14.2. The molecular formula is C17H29N5O8S. The van der Waals surface area contributed by atoms with Gasteiger partial charge in [-0.25, -0.2) is 4.79 Å². The lowest BCUT2D eigenvalue weighted by atomic mass is 10.1. The Morgan fingerprint density at radius 2 is 1.48 bits per heavy atom. The van der Waals surface area contributed by atoms with Gasteiger partial charge in [0.05, 0.1) is 12.5 Å². The Morgan fingerprint density at radius 3 is 1.97 bits per heavy atom. The van der Waals surface area contributed by atoms with E-state index in [1.54, 1.807) is 0 Å². The normalized spacial score (nSPS) is 14.4. The molecule has 13 nitrogen and oxygen atoms in total. The van der Waals surface area contributed by atoms with Crippen LogP contribution in [0.15, 0.2) is 0 Å². The second-order valence-electron chi connectivity index (χ2n) is 6.68. The number of nitrogens with one attached hydrogen (secondary N) is 3. The number of hydrogen-bond acceptors (Lipinski definition) is 8. The highest BCUT2D eigenvalue weighted by atomic mass is 32.2. The number of carbonyl (C=O) groups is 6. The number of carboxylic acids is 2. The van der Waals surface area contributed by atoms with Crippen LogP contribution in [-0.4, -0.2) is 82.0 Å². The average Bonchev–Trinajstić information content (AvgIpc) is 2.67.